The molecule has 0 aliphatic heterocycles. The molecule has 1 amide bonds. The zero-order chi connectivity index (χ0) is 22.3. The summed E-state index contributed by atoms with van der Waals surface area (Å²) in [6.45, 7) is 14.1. The van der Waals surface area contributed by atoms with Gasteiger partial charge in [-0.1, -0.05) is 0 Å². The van der Waals surface area contributed by atoms with Gasteiger partial charge in [0, 0.05) is 0 Å². The van der Waals surface area contributed by atoms with Gasteiger partial charge in [-0.2, -0.15) is 0 Å². The Morgan fingerprint density at radius 1 is 0.938 bits per heavy atom. The molecule has 2 aliphatic rings. The van der Waals surface area contributed by atoms with Crippen molar-refractivity contribution in [2.75, 3.05) is 0 Å². The van der Waals surface area contributed by atoms with Crippen molar-refractivity contribution in [1.29, 1.82) is 0 Å². The molecule has 2 aliphatic carbocycles. The molecule has 3 unspecified atom stereocenters. The molecule has 1 fully saturated rings. The average molecular weight is 536 g/mol. The third-order valence-corrected chi connectivity index (χ3v) is 13.2. The Morgan fingerprint density at radius 3 is 1.88 bits per heavy atom. The van der Waals surface area contributed by atoms with E-state index < -0.39 is 8.80 Å². The van der Waals surface area contributed by atoms with Gasteiger partial charge in [0.25, 0.3) is 0 Å². The molecule has 0 aromatic rings. The maximum atomic E-state index is 14.0. The molecule has 1 N–H and O–H groups in total. The Morgan fingerprint density at radius 2 is 1.44 bits per heavy atom. The van der Waals surface area contributed by atoms with E-state index in [0.29, 0.717) is 17.4 Å². The largest absolute Gasteiger partial charge is 1.00 e. The fourth-order valence-corrected chi connectivity index (χ4v) is 10.8. The number of rotatable bonds is 5. The second kappa shape index (κ2) is 15.5. The number of carbonyl (C=O) groups is 1. The molecule has 0 aromatic heterocycles. The van der Waals surface area contributed by atoms with Crippen LogP contribution in [0.3, 0.4) is 0 Å². The van der Waals surface area contributed by atoms with E-state index in [0.717, 1.165) is 6.42 Å². The van der Waals surface area contributed by atoms with Crippen molar-refractivity contribution in [3.05, 3.63) is 22.3 Å². The van der Waals surface area contributed by atoms with Gasteiger partial charge in [0.2, 0.25) is 0 Å². The van der Waals surface area contributed by atoms with Crippen molar-refractivity contribution < 1.29 is 50.3 Å². The molecule has 0 aromatic carbocycles. The standard InChI is InChI=1S/C26H47NOSi.2ClH.Ti/c1-7-29(8-2)23-17-15-13-11-9-10-12-14-16-18-26(23,25(27)28)24-21(5)19(3)20(4)22(24)6;;;/h21,23,29H,7-18H2,1-6H3,(H2,27,28);2*1H;/q;;;+3/p-3. The summed E-state index contributed by atoms with van der Waals surface area (Å²) in [6, 6.07) is 2.62. The van der Waals surface area contributed by atoms with Gasteiger partial charge in [-0.15, -0.1) is 0 Å². The van der Waals surface area contributed by atoms with Gasteiger partial charge in [0.05, 0.1) is 0 Å². The van der Waals surface area contributed by atoms with Crippen LogP contribution in [0.4, 0.5) is 0 Å². The summed E-state index contributed by atoms with van der Waals surface area (Å²) in [5.74, 6) is 0.730. The van der Waals surface area contributed by atoms with E-state index in [1.807, 2.05) is 20.7 Å². The first-order chi connectivity index (χ1) is 14.4. The molecule has 2 rings (SSSR count). The van der Waals surface area contributed by atoms with Crippen molar-refractivity contribution in [2.24, 2.45) is 11.3 Å². The van der Waals surface area contributed by atoms with Crippen LogP contribution in [0.25, 0.3) is 0 Å². The van der Waals surface area contributed by atoms with Crippen molar-refractivity contribution in [2.45, 2.75) is 123 Å². The Balaban J connectivity index is 0.00000480. The molecule has 32 heavy (non-hydrogen) atoms. The van der Waals surface area contributed by atoms with E-state index in [2.05, 4.69) is 45.3 Å². The van der Waals surface area contributed by atoms with Gasteiger partial charge in [-0.05, 0) is 0 Å². The van der Waals surface area contributed by atoms with Crippen LogP contribution < -0.4 is 28.6 Å². The zero-order valence-electron chi connectivity index (χ0n) is 21.4. The van der Waals surface area contributed by atoms with Crippen LogP contribution in [-0.2, 0) is 25.5 Å². The van der Waals surface area contributed by atoms with Crippen molar-refractivity contribution in [3.63, 3.8) is 0 Å². The van der Waals surface area contributed by atoms with Crippen LogP contribution >= 0.6 is 0 Å². The van der Waals surface area contributed by atoms with Crippen LogP contribution in [0.5, 0.6) is 0 Å². The predicted molar refractivity (Wildman–Crippen MR) is 129 cm³/mol. The number of hydrogen-bond donors (Lipinski definition) is 1. The number of nitrogens with one attached hydrogen (secondary N) is 1. The number of hydrogen-bond acceptors (Lipinski definition) is 1. The van der Waals surface area contributed by atoms with E-state index in [1.54, 1.807) is 0 Å². The topological polar surface area (TPSA) is 29.1 Å². The van der Waals surface area contributed by atoms with Gasteiger partial charge >= 0.3 is 201 Å². The Labute approximate surface area is 224 Å². The van der Waals surface area contributed by atoms with E-state index in [4.69, 9.17) is 0 Å². The fraction of sp³-hybridized carbons (Fsp3) is 0.808. The van der Waals surface area contributed by atoms with Crippen LogP contribution in [0, 0.1) is 11.3 Å². The monoisotopic (exact) mass is 534 g/mol. The normalized spacial score (nSPS) is 27.9. The first-order valence-corrected chi connectivity index (χ1v) is 15.8. The average Bonchev–Trinajstić information content (AvgIpc) is 2.93. The molecular weight excluding hydrogens is 489 g/mol. The first-order valence-electron chi connectivity index (χ1n) is 12.7. The molecule has 0 spiro atoms. The zero-order valence-corrected chi connectivity index (χ0v) is 25.6. The van der Waals surface area contributed by atoms with Crippen molar-refractivity contribution >= 4 is 14.7 Å². The fourth-order valence-electron chi connectivity index (χ4n) is 6.69. The number of halogens is 2. The van der Waals surface area contributed by atoms with Gasteiger partial charge in [-0.3, -0.25) is 0 Å². The molecule has 6 heteroatoms. The SMILES string of the molecule is CC[SiH](CC)C1CCCCCCCCCCC1(C(=O)[NH][Ti+2])C1=C(C)C(C)=C(C)C1C.[Cl-].[Cl-]. The van der Waals surface area contributed by atoms with E-state index in [1.165, 1.54) is 92.2 Å². The van der Waals surface area contributed by atoms with Gasteiger partial charge in [0.1, 0.15) is 0 Å². The first kappa shape index (κ1) is 32.5. The molecule has 0 heterocycles. The minimum absolute atomic E-state index is 0. The third-order valence-electron chi connectivity index (χ3n) is 8.73. The summed E-state index contributed by atoms with van der Waals surface area (Å²) in [6.07, 6.45) is 12.9. The quantitative estimate of drug-likeness (QED) is 0.531. The van der Waals surface area contributed by atoms with Crippen molar-refractivity contribution in [1.82, 2.24) is 3.80 Å². The minimum atomic E-state index is -1.04. The van der Waals surface area contributed by atoms with Gasteiger partial charge in [0.15, 0.2) is 0 Å². The Bertz CT molecular complexity index is 662. The second-order valence-electron chi connectivity index (χ2n) is 10.0. The molecule has 0 saturated heterocycles. The molecule has 0 bridgehead atoms. The smallest absolute Gasteiger partial charge is 1.00 e. The molecule has 3 atom stereocenters. The number of amides is 1. The number of carbonyl (C=O) groups excluding carboxylic acids is 1. The Hall–Kier alpha value is 0.461. The molecule has 0 radical (unpaired) electrons. The van der Waals surface area contributed by atoms with E-state index >= 15 is 0 Å². The van der Waals surface area contributed by atoms with Gasteiger partial charge < -0.3 is 24.8 Å². The predicted octanol–water partition coefficient (Wildman–Crippen LogP) is 1.41. The summed E-state index contributed by atoms with van der Waals surface area (Å²) < 4.78 is 3.20. The minimum Gasteiger partial charge on any atom is -1.00 e. The van der Waals surface area contributed by atoms with Crippen LogP contribution in [0.15, 0.2) is 22.3 Å². The summed E-state index contributed by atoms with van der Waals surface area (Å²) in [4.78, 5) is 14.0. The molecular formula is C26H46Cl2NOSiTi. The molecule has 2 nitrogen and oxygen atoms in total. The van der Waals surface area contributed by atoms with E-state index in [9.17, 15) is 4.79 Å². The molecule has 183 valence electrons. The third kappa shape index (κ3) is 6.78. The second-order valence-corrected chi connectivity index (χ2v) is 14.4. The Kier molecular flexibility index (Phi) is 15.7. The summed E-state index contributed by atoms with van der Waals surface area (Å²) in [5.41, 5.74) is 6.15. The van der Waals surface area contributed by atoms with Crippen molar-refractivity contribution in [3.8, 4) is 0 Å². The van der Waals surface area contributed by atoms with Crippen LogP contribution in [0.1, 0.15) is 106 Å². The number of allylic oxidation sites excluding steroid dienone is 3. The van der Waals surface area contributed by atoms with Crippen LogP contribution in [0.2, 0.25) is 17.6 Å². The van der Waals surface area contributed by atoms with Crippen LogP contribution in [-0.4, -0.2) is 14.7 Å². The summed E-state index contributed by atoms with van der Waals surface area (Å²) >= 11 is 1.88. The maximum Gasteiger partial charge on any atom is -1.00 e. The summed E-state index contributed by atoms with van der Waals surface area (Å²) in [7, 11) is -1.04. The van der Waals surface area contributed by atoms with E-state index in [-0.39, 0.29) is 30.2 Å². The van der Waals surface area contributed by atoms with Gasteiger partial charge in [-0.25, -0.2) is 0 Å². The maximum absolute atomic E-state index is 14.0. The summed E-state index contributed by atoms with van der Waals surface area (Å²) in [5, 5.41) is 0. The molecule has 1 saturated carbocycles.